The Morgan fingerprint density at radius 3 is 2.48 bits per heavy atom. The summed E-state index contributed by atoms with van der Waals surface area (Å²) in [5.74, 6) is 0.556. The number of hydrogen-bond acceptors (Lipinski definition) is 5. The minimum atomic E-state index is -0.811. The van der Waals surface area contributed by atoms with Crippen molar-refractivity contribution in [2.24, 2.45) is 0 Å². The topological polar surface area (TPSA) is 71.9 Å². The number of likely N-dealkylation sites (tertiary alicyclic amines) is 1. The largest absolute Gasteiger partial charge is 0.481 e. The van der Waals surface area contributed by atoms with Crippen molar-refractivity contribution < 1.29 is 19.4 Å². The lowest BCUT2D eigenvalue weighted by Crippen LogP contribution is -2.49. The van der Waals surface area contributed by atoms with Gasteiger partial charge in [-0.05, 0) is 39.2 Å². The van der Waals surface area contributed by atoms with Crippen molar-refractivity contribution in [3.63, 3.8) is 0 Å². The number of hydrogen-bond donors (Lipinski definition) is 1. The Bertz CT molecular complexity index is 529. The van der Waals surface area contributed by atoms with Gasteiger partial charge in [-0.15, -0.1) is 0 Å². The standard InChI is InChI=1S/C17H26N2O4/c1-16(2,3)23-15(20)19-9-7-17(21,8-10-19)11-13-5-6-14(22-4)18-12-13/h5-6,12,21H,7-11H2,1-4H3. The SMILES string of the molecule is COc1ccc(CC2(O)CCN(C(=O)OC(C)(C)C)CC2)cn1. The smallest absolute Gasteiger partial charge is 0.410 e. The zero-order valence-electron chi connectivity index (χ0n) is 14.3. The Balaban J connectivity index is 1.90. The van der Waals surface area contributed by atoms with Crippen LogP contribution in [0.2, 0.25) is 0 Å². The summed E-state index contributed by atoms with van der Waals surface area (Å²) in [6.45, 7) is 6.54. The molecule has 1 fully saturated rings. The highest BCUT2D eigenvalue weighted by molar-refractivity contribution is 5.68. The molecule has 1 N–H and O–H groups in total. The Morgan fingerprint density at radius 2 is 2.00 bits per heavy atom. The third-order valence-corrected chi connectivity index (χ3v) is 3.89. The Labute approximate surface area is 137 Å². The van der Waals surface area contributed by atoms with Gasteiger partial charge in [-0.2, -0.15) is 0 Å². The number of nitrogens with zero attached hydrogens (tertiary/aromatic N) is 2. The van der Waals surface area contributed by atoms with Crippen molar-refractivity contribution in [3.05, 3.63) is 23.9 Å². The summed E-state index contributed by atoms with van der Waals surface area (Å²) < 4.78 is 10.4. The Kier molecular flexibility index (Phi) is 5.14. The molecule has 1 saturated heterocycles. The summed E-state index contributed by atoms with van der Waals surface area (Å²) in [6.07, 6.45) is 2.98. The van der Waals surface area contributed by atoms with E-state index in [2.05, 4.69) is 4.98 Å². The lowest BCUT2D eigenvalue weighted by molar-refractivity contribution is -0.0315. The lowest BCUT2D eigenvalue weighted by Gasteiger charge is -2.38. The van der Waals surface area contributed by atoms with Gasteiger partial charge in [-0.1, -0.05) is 6.07 Å². The van der Waals surface area contributed by atoms with Gasteiger partial charge < -0.3 is 19.5 Å². The van der Waals surface area contributed by atoms with E-state index in [0.717, 1.165) is 5.56 Å². The van der Waals surface area contributed by atoms with Crippen LogP contribution in [-0.4, -0.2) is 52.5 Å². The summed E-state index contributed by atoms with van der Waals surface area (Å²) in [7, 11) is 1.57. The highest BCUT2D eigenvalue weighted by atomic mass is 16.6. The molecule has 0 aliphatic carbocycles. The fraction of sp³-hybridized carbons (Fsp3) is 0.647. The molecular formula is C17H26N2O4. The molecule has 0 aromatic carbocycles. The van der Waals surface area contributed by atoms with Crippen molar-refractivity contribution >= 4 is 6.09 Å². The summed E-state index contributed by atoms with van der Waals surface area (Å²) in [6, 6.07) is 3.69. The fourth-order valence-electron chi connectivity index (χ4n) is 2.62. The summed E-state index contributed by atoms with van der Waals surface area (Å²) >= 11 is 0. The first-order valence-electron chi connectivity index (χ1n) is 7.90. The van der Waals surface area contributed by atoms with Crippen LogP contribution in [0.5, 0.6) is 5.88 Å². The number of aromatic nitrogens is 1. The fourth-order valence-corrected chi connectivity index (χ4v) is 2.62. The molecule has 1 aromatic rings. The molecule has 1 aliphatic heterocycles. The van der Waals surface area contributed by atoms with Crippen LogP contribution in [0, 0.1) is 0 Å². The number of amides is 1. The van der Waals surface area contributed by atoms with Crippen LogP contribution < -0.4 is 4.74 Å². The molecule has 1 aliphatic rings. The van der Waals surface area contributed by atoms with E-state index in [4.69, 9.17) is 9.47 Å². The maximum atomic E-state index is 12.1. The van der Waals surface area contributed by atoms with Gasteiger partial charge in [0.2, 0.25) is 5.88 Å². The number of carbonyl (C=O) groups excluding carboxylic acids is 1. The van der Waals surface area contributed by atoms with Crippen molar-refractivity contribution in [3.8, 4) is 5.88 Å². The van der Waals surface area contributed by atoms with Gasteiger partial charge in [-0.25, -0.2) is 9.78 Å². The molecule has 0 spiro atoms. The number of rotatable bonds is 3. The summed E-state index contributed by atoms with van der Waals surface area (Å²) in [4.78, 5) is 17.9. The van der Waals surface area contributed by atoms with E-state index in [1.54, 1.807) is 24.3 Å². The second-order valence-electron chi connectivity index (χ2n) is 7.08. The molecule has 2 rings (SSSR count). The highest BCUT2D eigenvalue weighted by Gasteiger charge is 2.35. The first kappa shape index (κ1) is 17.5. The zero-order chi connectivity index (χ0) is 17.1. The van der Waals surface area contributed by atoms with Gasteiger partial charge in [0.05, 0.1) is 12.7 Å². The Hall–Kier alpha value is -1.82. The quantitative estimate of drug-likeness (QED) is 0.925. The van der Waals surface area contributed by atoms with Crippen LogP contribution in [0.15, 0.2) is 18.3 Å². The predicted molar refractivity (Wildman–Crippen MR) is 86.5 cm³/mol. The zero-order valence-corrected chi connectivity index (χ0v) is 14.3. The van der Waals surface area contributed by atoms with E-state index >= 15 is 0 Å². The molecule has 0 saturated carbocycles. The molecule has 1 amide bonds. The molecule has 1 aromatic heterocycles. The number of pyridine rings is 1. The van der Waals surface area contributed by atoms with Crippen LogP contribution in [0.25, 0.3) is 0 Å². The molecule has 128 valence electrons. The van der Waals surface area contributed by atoms with Crippen LogP contribution in [0.4, 0.5) is 4.79 Å². The number of carbonyl (C=O) groups is 1. The second-order valence-corrected chi connectivity index (χ2v) is 7.08. The van der Waals surface area contributed by atoms with Crippen molar-refractivity contribution in [1.82, 2.24) is 9.88 Å². The van der Waals surface area contributed by atoms with E-state index in [1.165, 1.54) is 0 Å². The average Bonchev–Trinajstić information content (AvgIpc) is 2.46. The first-order chi connectivity index (χ1) is 10.7. The monoisotopic (exact) mass is 322 g/mol. The van der Waals surface area contributed by atoms with Gasteiger partial charge in [0, 0.05) is 31.8 Å². The molecule has 0 bridgehead atoms. The molecule has 0 atom stereocenters. The van der Waals surface area contributed by atoms with Crippen LogP contribution in [0.3, 0.4) is 0 Å². The van der Waals surface area contributed by atoms with E-state index in [9.17, 15) is 9.90 Å². The molecule has 0 unspecified atom stereocenters. The maximum absolute atomic E-state index is 12.1. The summed E-state index contributed by atoms with van der Waals surface area (Å²) in [5, 5.41) is 10.7. The average molecular weight is 322 g/mol. The van der Waals surface area contributed by atoms with Gasteiger partial charge in [0.15, 0.2) is 0 Å². The lowest BCUT2D eigenvalue weighted by atomic mass is 9.86. The third kappa shape index (κ3) is 5.10. The maximum Gasteiger partial charge on any atom is 0.410 e. The number of aliphatic hydroxyl groups is 1. The molecule has 6 heteroatoms. The van der Waals surface area contributed by atoms with Gasteiger partial charge >= 0.3 is 6.09 Å². The van der Waals surface area contributed by atoms with Crippen molar-refractivity contribution in [2.45, 2.75) is 51.2 Å². The minimum absolute atomic E-state index is 0.314. The third-order valence-electron chi connectivity index (χ3n) is 3.89. The molecular weight excluding hydrogens is 296 g/mol. The van der Waals surface area contributed by atoms with Crippen LogP contribution >= 0.6 is 0 Å². The van der Waals surface area contributed by atoms with Crippen LogP contribution in [-0.2, 0) is 11.2 Å². The normalized spacial score (nSPS) is 17.7. The van der Waals surface area contributed by atoms with E-state index in [0.29, 0.717) is 38.2 Å². The van der Waals surface area contributed by atoms with E-state index in [-0.39, 0.29) is 6.09 Å². The van der Waals surface area contributed by atoms with Crippen LogP contribution in [0.1, 0.15) is 39.2 Å². The van der Waals surface area contributed by atoms with Gasteiger partial charge in [-0.3, -0.25) is 0 Å². The van der Waals surface area contributed by atoms with Crippen molar-refractivity contribution in [2.75, 3.05) is 20.2 Å². The number of ether oxygens (including phenoxy) is 2. The molecule has 23 heavy (non-hydrogen) atoms. The van der Waals surface area contributed by atoms with E-state index < -0.39 is 11.2 Å². The number of piperidine rings is 1. The second kappa shape index (κ2) is 6.74. The highest BCUT2D eigenvalue weighted by Crippen LogP contribution is 2.27. The van der Waals surface area contributed by atoms with Crippen molar-refractivity contribution in [1.29, 1.82) is 0 Å². The van der Waals surface area contributed by atoms with E-state index in [1.807, 2.05) is 26.8 Å². The Morgan fingerprint density at radius 1 is 1.35 bits per heavy atom. The molecule has 0 radical (unpaired) electrons. The molecule has 6 nitrogen and oxygen atoms in total. The number of methoxy groups -OCH3 is 1. The van der Waals surface area contributed by atoms with Gasteiger partial charge in [0.1, 0.15) is 5.60 Å². The van der Waals surface area contributed by atoms with Gasteiger partial charge in [0.25, 0.3) is 0 Å². The molecule has 2 heterocycles. The summed E-state index contributed by atoms with van der Waals surface area (Å²) in [5.41, 5.74) is -0.354. The minimum Gasteiger partial charge on any atom is -0.481 e. The predicted octanol–water partition coefficient (Wildman–Crippen LogP) is 2.39. The first-order valence-corrected chi connectivity index (χ1v) is 7.90.